The molecule has 0 aliphatic rings. The van der Waals surface area contributed by atoms with Gasteiger partial charge in [-0.15, -0.1) is 0 Å². The smallest absolute Gasteiger partial charge is 0.328 e. The van der Waals surface area contributed by atoms with Crippen molar-refractivity contribution >= 4 is 11.9 Å². The first-order chi connectivity index (χ1) is 6.06. The van der Waals surface area contributed by atoms with E-state index in [-0.39, 0.29) is 12.5 Å². The van der Waals surface area contributed by atoms with Gasteiger partial charge in [-0.1, -0.05) is 0 Å². The molecule has 5 heteroatoms. The predicted octanol–water partition coefficient (Wildman–Crippen LogP) is 0.0456. The summed E-state index contributed by atoms with van der Waals surface area (Å²) in [5, 5.41) is 18.9. The monoisotopic (exact) mass is 182 g/mol. The molecule has 5 nitrogen and oxygen atoms in total. The van der Waals surface area contributed by atoms with Gasteiger partial charge in [0.05, 0.1) is 12.5 Å². The van der Waals surface area contributed by atoms with Gasteiger partial charge in [-0.2, -0.15) is 5.26 Å². The summed E-state index contributed by atoms with van der Waals surface area (Å²) >= 11 is 0. The van der Waals surface area contributed by atoms with E-state index in [4.69, 9.17) is 10.4 Å². The van der Waals surface area contributed by atoms with E-state index in [0.29, 0.717) is 0 Å². The number of nitriles is 1. The highest BCUT2D eigenvalue weighted by Crippen LogP contribution is 1.87. The molecule has 0 rings (SSSR count). The van der Waals surface area contributed by atoms with E-state index in [1.807, 2.05) is 6.07 Å². The van der Waals surface area contributed by atoms with E-state index >= 15 is 0 Å². The van der Waals surface area contributed by atoms with Crippen molar-refractivity contribution in [3.8, 4) is 6.07 Å². The maximum Gasteiger partial charge on any atom is 0.328 e. The minimum atomic E-state index is -1.18. The van der Waals surface area contributed by atoms with E-state index in [1.165, 1.54) is 0 Å². The first-order valence-electron chi connectivity index (χ1n) is 3.64. The molecule has 0 aliphatic carbocycles. The number of amides is 1. The van der Waals surface area contributed by atoms with E-state index in [2.05, 4.69) is 5.32 Å². The molecule has 0 bridgehead atoms. The second-order valence-electron chi connectivity index (χ2n) is 2.44. The molecular weight excluding hydrogens is 172 g/mol. The van der Waals surface area contributed by atoms with Gasteiger partial charge in [-0.05, 0) is 6.92 Å². The lowest BCUT2D eigenvalue weighted by Crippen LogP contribution is -2.30. The number of nitrogens with zero attached hydrogens (tertiary/aromatic N) is 1. The van der Waals surface area contributed by atoms with Crippen LogP contribution in [0.15, 0.2) is 12.2 Å². The Hall–Kier alpha value is -1.83. The Bertz CT molecular complexity index is 265. The topological polar surface area (TPSA) is 90.2 Å². The number of hydrogen-bond donors (Lipinski definition) is 2. The summed E-state index contributed by atoms with van der Waals surface area (Å²) < 4.78 is 0. The Morgan fingerprint density at radius 3 is 2.69 bits per heavy atom. The fourth-order valence-electron chi connectivity index (χ4n) is 0.626. The number of aliphatic carboxylic acids is 1. The molecule has 1 unspecified atom stereocenters. The molecule has 0 aromatic carbocycles. The predicted molar refractivity (Wildman–Crippen MR) is 44.6 cm³/mol. The third-order valence-corrected chi connectivity index (χ3v) is 1.16. The Morgan fingerprint density at radius 2 is 2.23 bits per heavy atom. The normalized spacial score (nSPS) is 12.0. The van der Waals surface area contributed by atoms with Gasteiger partial charge in [0.15, 0.2) is 0 Å². The Kier molecular flexibility index (Phi) is 4.96. The highest BCUT2D eigenvalue weighted by molar-refractivity contribution is 5.93. The second-order valence-corrected chi connectivity index (χ2v) is 2.44. The van der Waals surface area contributed by atoms with Gasteiger partial charge in [0.2, 0.25) is 5.91 Å². The molecule has 13 heavy (non-hydrogen) atoms. The lowest BCUT2D eigenvalue weighted by atomic mass is 10.2. The van der Waals surface area contributed by atoms with Crippen LogP contribution in [-0.4, -0.2) is 23.0 Å². The van der Waals surface area contributed by atoms with Crippen molar-refractivity contribution in [1.29, 1.82) is 5.26 Å². The van der Waals surface area contributed by atoms with Crippen LogP contribution >= 0.6 is 0 Å². The molecule has 0 spiro atoms. The van der Waals surface area contributed by atoms with E-state index < -0.39 is 11.9 Å². The zero-order valence-electron chi connectivity index (χ0n) is 7.15. The number of hydrogen-bond acceptors (Lipinski definition) is 3. The maximum absolute atomic E-state index is 10.9. The average Bonchev–Trinajstić information content (AvgIpc) is 2.01. The number of carbonyl (C=O) groups is 2. The lowest BCUT2D eigenvalue weighted by molar-refractivity contribution is -0.131. The van der Waals surface area contributed by atoms with Crippen molar-refractivity contribution in [2.45, 2.75) is 19.4 Å². The van der Waals surface area contributed by atoms with Crippen LogP contribution in [0.4, 0.5) is 0 Å². The molecule has 0 aromatic rings. The van der Waals surface area contributed by atoms with Crippen LogP contribution in [0.25, 0.3) is 0 Å². The van der Waals surface area contributed by atoms with Crippen molar-refractivity contribution < 1.29 is 14.7 Å². The summed E-state index contributed by atoms with van der Waals surface area (Å²) in [6.07, 6.45) is 1.86. The van der Waals surface area contributed by atoms with E-state index in [1.54, 1.807) is 6.92 Å². The second kappa shape index (κ2) is 5.77. The Morgan fingerprint density at radius 1 is 1.62 bits per heavy atom. The molecule has 1 amide bonds. The summed E-state index contributed by atoms with van der Waals surface area (Å²) in [6, 6.07) is 1.61. The van der Waals surface area contributed by atoms with Crippen molar-refractivity contribution in [3.05, 3.63) is 12.2 Å². The molecule has 1 atom stereocenters. The summed E-state index contributed by atoms with van der Waals surface area (Å²) in [7, 11) is 0. The van der Waals surface area contributed by atoms with Crippen LogP contribution < -0.4 is 5.32 Å². The largest absolute Gasteiger partial charge is 0.478 e. The summed E-state index contributed by atoms with van der Waals surface area (Å²) in [4.78, 5) is 20.9. The number of nitrogens with one attached hydrogen (secondary N) is 1. The molecule has 2 N–H and O–H groups in total. The molecule has 0 radical (unpaired) electrons. The van der Waals surface area contributed by atoms with Crippen molar-refractivity contribution in [2.24, 2.45) is 0 Å². The minimum absolute atomic E-state index is 0.201. The van der Waals surface area contributed by atoms with Gasteiger partial charge in [0.1, 0.15) is 0 Å². The van der Waals surface area contributed by atoms with Crippen molar-refractivity contribution in [1.82, 2.24) is 5.32 Å². The molecule has 0 saturated heterocycles. The molecule has 0 heterocycles. The van der Waals surface area contributed by atoms with Crippen molar-refractivity contribution in [3.63, 3.8) is 0 Å². The van der Waals surface area contributed by atoms with E-state index in [9.17, 15) is 9.59 Å². The fourth-order valence-corrected chi connectivity index (χ4v) is 0.626. The van der Waals surface area contributed by atoms with Gasteiger partial charge in [-0.3, -0.25) is 4.79 Å². The zero-order valence-corrected chi connectivity index (χ0v) is 7.15. The number of carboxylic acid groups (broad SMARTS) is 1. The van der Waals surface area contributed by atoms with Crippen LogP contribution in [0.1, 0.15) is 13.3 Å². The fraction of sp³-hybridized carbons (Fsp3) is 0.375. The van der Waals surface area contributed by atoms with Gasteiger partial charge in [0.25, 0.3) is 0 Å². The number of carboxylic acids is 1. The first-order valence-corrected chi connectivity index (χ1v) is 3.64. The van der Waals surface area contributed by atoms with Crippen LogP contribution in [0.5, 0.6) is 0 Å². The number of rotatable bonds is 4. The molecule has 0 fully saturated rings. The molecule has 0 saturated carbocycles. The summed E-state index contributed by atoms with van der Waals surface area (Å²) in [5.41, 5.74) is 0. The molecule has 0 aliphatic heterocycles. The zero-order chi connectivity index (χ0) is 10.3. The average molecular weight is 182 g/mol. The van der Waals surface area contributed by atoms with Crippen molar-refractivity contribution in [2.75, 3.05) is 0 Å². The third-order valence-electron chi connectivity index (χ3n) is 1.16. The SMILES string of the molecule is CC(CC#N)NC(=O)C=CC(=O)O. The van der Waals surface area contributed by atoms with Crippen LogP contribution in [0.2, 0.25) is 0 Å². The van der Waals surface area contributed by atoms with Crippen LogP contribution in [-0.2, 0) is 9.59 Å². The van der Waals surface area contributed by atoms with Gasteiger partial charge in [-0.25, -0.2) is 4.79 Å². The van der Waals surface area contributed by atoms with E-state index in [0.717, 1.165) is 12.2 Å². The third kappa shape index (κ3) is 6.56. The quantitative estimate of drug-likeness (QED) is 0.601. The maximum atomic E-state index is 10.9. The van der Waals surface area contributed by atoms with Crippen LogP contribution in [0.3, 0.4) is 0 Å². The number of carbonyl (C=O) groups excluding carboxylic acids is 1. The molecular formula is C8H10N2O3. The summed E-state index contributed by atoms with van der Waals surface area (Å²) in [5.74, 6) is -1.69. The van der Waals surface area contributed by atoms with Gasteiger partial charge in [0, 0.05) is 18.2 Å². The molecule has 70 valence electrons. The highest BCUT2D eigenvalue weighted by atomic mass is 16.4. The van der Waals surface area contributed by atoms with Gasteiger partial charge < -0.3 is 10.4 Å². The van der Waals surface area contributed by atoms with Gasteiger partial charge >= 0.3 is 5.97 Å². The Labute approximate surface area is 75.7 Å². The molecule has 0 aromatic heterocycles. The summed E-state index contributed by atoms with van der Waals surface area (Å²) in [6.45, 7) is 1.66. The highest BCUT2D eigenvalue weighted by Gasteiger charge is 2.03. The minimum Gasteiger partial charge on any atom is -0.478 e. The standard InChI is InChI=1S/C8H10N2O3/c1-6(4-5-9)10-7(11)2-3-8(12)13/h2-3,6H,4H2,1H3,(H,10,11)(H,12,13). The van der Waals surface area contributed by atoms with Crippen LogP contribution in [0, 0.1) is 11.3 Å². The Balaban J connectivity index is 3.88. The lowest BCUT2D eigenvalue weighted by Gasteiger charge is -2.06. The first kappa shape index (κ1) is 11.2.